The van der Waals surface area contributed by atoms with Crippen LogP contribution in [0.25, 0.3) is 0 Å². The molecule has 3 N–H and O–H groups in total. The number of carboxylic acid groups (broad SMARTS) is 1. The minimum absolute atomic E-state index is 0.0116. The molecule has 3 atom stereocenters. The van der Waals surface area contributed by atoms with Crippen LogP contribution in [0.5, 0.6) is 0 Å². The monoisotopic (exact) mass is 507 g/mol. The minimum Gasteiger partial charge on any atom is -0.478 e. The van der Waals surface area contributed by atoms with Gasteiger partial charge in [0.2, 0.25) is 5.91 Å². The molecule has 188 valence electrons. The molecule has 7 nitrogen and oxygen atoms in total. The summed E-state index contributed by atoms with van der Waals surface area (Å²) in [5.41, 5.74) is 3.99. The van der Waals surface area contributed by atoms with Crippen molar-refractivity contribution >= 4 is 23.6 Å². The number of hydrogen-bond acceptors (Lipinski definition) is 6. The third kappa shape index (κ3) is 6.95. The van der Waals surface area contributed by atoms with Crippen LogP contribution in [0.4, 0.5) is 0 Å². The lowest BCUT2D eigenvalue weighted by molar-refractivity contribution is -0.245. The molecule has 1 heterocycles. The molecule has 1 saturated heterocycles. The molecule has 0 bridgehead atoms. The number of thioether (sulfide) groups is 1. The number of aromatic carboxylic acids is 1. The van der Waals surface area contributed by atoms with E-state index < -0.39 is 12.3 Å². The number of ether oxygens (including phenoxy) is 2. The standard InChI is InChI=1S/C28H29NO6S/c1-18(31)29-15-19-2-8-23(9-3-19)28-34-24(17-36-25-12-10-22(11-13-25)27(32)33)14-26(35-28)21-6-4-20(16-30)5-7-21/h2-13,24,26,28,30H,14-17H2,1H3,(H,29,31)(H,32,33)/t24-,26+,28+/m1/s1. The Kier molecular flexibility index (Phi) is 8.77. The topological polar surface area (TPSA) is 105 Å². The molecule has 8 heteroatoms. The van der Waals surface area contributed by atoms with E-state index >= 15 is 0 Å². The van der Waals surface area contributed by atoms with Gasteiger partial charge in [-0.15, -0.1) is 11.8 Å². The summed E-state index contributed by atoms with van der Waals surface area (Å²) in [7, 11) is 0. The zero-order valence-electron chi connectivity index (χ0n) is 19.9. The first-order valence-corrected chi connectivity index (χ1v) is 12.7. The normalized spacial score (nSPS) is 19.6. The Morgan fingerprint density at radius 1 is 0.917 bits per heavy atom. The molecule has 0 radical (unpaired) electrons. The van der Waals surface area contributed by atoms with Crippen molar-refractivity contribution in [2.75, 3.05) is 5.75 Å². The molecule has 3 aromatic carbocycles. The van der Waals surface area contributed by atoms with E-state index in [-0.39, 0.29) is 30.3 Å². The first-order chi connectivity index (χ1) is 17.4. The van der Waals surface area contributed by atoms with Gasteiger partial charge in [0, 0.05) is 36.1 Å². The predicted molar refractivity (Wildman–Crippen MR) is 137 cm³/mol. The van der Waals surface area contributed by atoms with Crippen molar-refractivity contribution in [1.82, 2.24) is 5.32 Å². The molecular formula is C28H29NO6S. The Morgan fingerprint density at radius 2 is 1.56 bits per heavy atom. The summed E-state index contributed by atoms with van der Waals surface area (Å²) in [6.07, 6.45) is -0.184. The average molecular weight is 508 g/mol. The van der Waals surface area contributed by atoms with Crippen LogP contribution >= 0.6 is 11.8 Å². The molecule has 3 aromatic rings. The molecule has 0 unspecified atom stereocenters. The SMILES string of the molecule is CC(=O)NCc1ccc([C@H]2O[C@@H](CSc3ccc(C(=O)O)cc3)C[C@@H](c3ccc(CO)cc3)O2)cc1. The third-order valence-corrected chi connectivity index (χ3v) is 7.09. The highest BCUT2D eigenvalue weighted by Gasteiger charge is 2.32. The molecule has 1 aliphatic rings. The molecule has 0 spiro atoms. The summed E-state index contributed by atoms with van der Waals surface area (Å²) >= 11 is 1.61. The number of aliphatic hydroxyl groups is 1. The highest BCUT2D eigenvalue weighted by Crippen LogP contribution is 2.39. The largest absolute Gasteiger partial charge is 0.478 e. The molecule has 0 aliphatic carbocycles. The maximum Gasteiger partial charge on any atom is 0.335 e. The van der Waals surface area contributed by atoms with Gasteiger partial charge in [0.05, 0.1) is 24.4 Å². The van der Waals surface area contributed by atoms with Gasteiger partial charge in [0.1, 0.15) is 0 Å². The van der Waals surface area contributed by atoms with Crippen LogP contribution < -0.4 is 5.32 Å². The van der Waals surface area contributed by atoms with Crippen LogP contribution in [0.3, 0.4) is 0 Å². The smallest absolute Gasteiger partial charge is 0.335 e. The molecule has 36 heavy (non-hydrogen) atoms. The number of benzene rings is 3. The molecular weight excluding hydrogens is 478 g/mol. The quantitative estimate of drug-likeness (QED) is 0.356. The van der Waals surface area contributed by atoms with Gasteiger partial charge < -0.3 is 25.0 Å². The number of rotatable bonds is 9. The lowest BCUT2D eigenvalue weighted by Gasteiger charge is -2.36. The molecule has 4 rings (SSSR count). The van der Waals surface area contributed by atoms with Crippen LogP contribution in [-0.2, 0) is 27.4 Å². The van der Waals surface area contributed by atoms with Crippen molar-refractivity contribution in [3.63, 3.8) is 0 Å². The van der Waals surface area contributed by atoms with Crippen molar-refractivity contribution in [1.29, 1.82) is 0 Å². The molecule has 1 amide bonds. The number of nitrogens with one attached hydrogen (secondary N) is 1. The molecule has 1 aliphatic heterocycles. The van der Waals surface area contributed by atoms with E-state index in [1.165, 1.54) is 6.92 Å². The molecule has 1 fully saturated rings. The number of hydrogen-bond donors (Lipinski definition) is 3. The Balaban J connectivity index is 1.49. The van der Waals surface area contributed by atoms with Gasteiger partial charge >= 0.3 is 5.97 Å². The van der Waals surface area contributed by atoms with E-state index in [1.54, 1.807) is 23.9 Å². The second-order valence-corrected chi connectivity index (χ2v) is 9.74. The van der Waals surface area contributed by atoms with E-state index in [9.17, 15) is 14.7 Å². The second kappa shape index (κ2) is 12.2. The minimum atomic E-state index is -0.944. The highest BCUT2D eigenvalue weighted by atomic mass is 32.2. The maximum atomic E-state index is 11.2. The molecule has 0 aromatic heterocycles. The number of amides is 1. The van der Waals surface area contributed by atoms with Gasteiger partial charge in [-0.3, -0.25) is 4.79 Å². The van der Waals surface area contributed by atoms with Crippen molar-refractivity contribution in [2.45, 2.75) is 49.9 Å². The first kappa shape index (κ1) is 25.9. The third-order valence-electron chi connectivity index (χ3n) is 5.95. The lowest BCUT2D eigenvalue weighted by Crippen LogP contribution is -2.31. The summed E-state index contributed by atoms with van der Waals surface area (Å²) < 4.78 is 12.7. The van der Waals surface area contributed by atoms with E-state index in [0.717, 1.165) is 27.1 Å². The number of aliphatic hydroxyl groups excluding tert-OH is 1. The fourth-order valence-electron chi connectivity index (χ4n) is 3.92. The summed E-state index contributed by atoms with van der Waals surface area (Å²) in [5, 5.41) is 21.3. The van der Waals surface area contributed by atoms with Crippen LogP contribution in [0.15, 0.2) is 77.7 Å². The number of carboxylic acids is 1. The Morgan fingerprint density at radius 3 is 2.17 bits per heavy atom. The Labute approximate surface area is 214 Å². The zero-order chi connectivity index (χ0) is 25.5. The van der Waals surface area contributed by atoms with Gasteiger partial charge in [-0.05, 0) is 41.0 Å². The number of carbonyl (C=O) groups is 2. The van der Waals surface area contributed by atoms with Crippen LogP contribution in [0.2, 0.25) is 0 Å². The fraction of sp³-hybridized carbons (Fsp3) is 0.286. The summed E-state index contributed by atoms with van der Waals surface area (Å²) in [5.74, 6) is -0.343. The number of carbonyl (C=O) groups excluding carboxylic acids is 1. The average Bonchev–Trinajstić information content (AvgIpc) is 2.91. The van der Waals surface area contributed by atoms with Crippen LogP contribution in [-0.4, -0.2) is 33.9 Å². The summed E-state index contributed by atoms with van der Waals surface area (Å²) in [6.45, 7) is 1.94. The van der Waals surface area contributed by atoms with Gasteiger partial charge in [-0.2, -0.15) is 0 Å². The van der Waals surface area contributed by atoms with Gasteiger partial charge in [0.15, 0.2) is 6.29 Å². The Bertz CT molecular complexity index is 1160. The van der Waals surface area contributed by atoms with Crippen molar-refractivity contribution in [2.24, 2.45) is 0 Å². The summed E-state index contributed by atoms with van der Waals surface area (Å²) in [4.78, 5) is 23.3. The fourth-order valence-corrected chi connectivity index (χ4v) is 4.85. The van der Waals surface area contributed by atoms with Crippen molar-refractivity contribution in [3.05, 3.63) is 101 Å². The van der Waals surface area contributed by atoms with E-state index in [2.05, 4.69) is 5.32 Å². The molecule has 0 saturated carbocycles. The van der Waals surface area contributed by atoms with Crippen molar-refractivity contribution < 1.29 is 29.3 Å². The van der Waals surface area contributed by atoms with E-state index in [4.69, 9.17) is 14.6 Å². The van der Waals surface area contributed by atoms with Crippen molar-refractivity contribution in [3.8, 4) is 0 Å². The lowest BCUT2D eigenvalue weighted by atomic mass is 10.0. The van der Waals surface area contributed by atoms with Gasteiger partial charge in [0.25, 0.3) is 0 Å². The van der Waals surface area contributed by atoms with Crippen LogP contribution in [0.1, 0.15) is 58.4 Å². The second-order valence-electron chi connectivity index (χ2n) is 8.64. The van der Waals surface area contributed by atoms with Gasteiger partial charge in [-0.25, -0.2) is 4.79 Å². The maximum absolute atomic E-state index is 11.2. The first-order valence-electron chi connectivity index (χ1n) is 11.7. The zero-order valence-corrected chi connectivity index (χ0v) is 20.7. The predicted octanol–water partition coefficient (Wildman–Crippen LogP) is 4.85. The van der Waals surface area contributed by atoms with Gasteiger partial charge in [-0.1, -0.05) is 48.5 Å². The summed E-state index contributed by atoms with van der Waals surface area (Å²) in [6, 6.07) is 22.4. The van der Waals surface area contributed by atoms with E-state index in [0.29, 0.717) is 18.7 Å². The Hall–Kier alpha value is -3.17. The highest BCUT2D eigenvalue weighted by molar-refractivity contribution is 7.99. The van der Waals surface area contributed by atoms with E-state index in [1.807, 2.05) is 60.7 Å². The van der Waals surface area contributed by atoms with Crippen LogP contribution in [0, 0.1) is 0 Å².